The Labute approximate surface area is 155 Å². The summed E-state index contributed by atoms with van der Waals surface area (Å²) in [6, 6.07) is 13.2. The van der Waals surface area contributed by atoms with Crippen molar-refractivity contribution in [1.82, 2.24) is 4.98 Å². The molecule has 0 unspecified atom stereocenters. The van der Waals surface area contributed by atoms with Gasteiger partial charge in [-0.1, -0.05) is 36.4 Å². The maximum Gasteiger partial charge on any atom is 0.417 e. The highest BCUT2D eigenvalue weighted by Crippen LogP contribution is 2.40. The van der Waals surface area contributed by atoms with Gasteiger partial charge in [-0.3, -0.25) is 0 Å². The van der Waals surface area contributed by atoms with Crippen LogP contribution in [-0.2, 0) is 12.4 Å². The van der Waals surface area contributed by atoms with Gasteiger partial charge in [-0.25, -0.2) is 4.98 Å². The zero-order valence-electron chi connectivity index (χ0n) is 13.9. The van der Waals surface area contributed by atoms with Crippen LogP contribution in [-0.4, -0.2) is 4.98 Å². The molecule has 0 aliphatic rings. The van der Waals surface area contributed by atoms with E-state index in [9.17, 15) is 31.6 Å². The van der Waals surface area contributed by atoms with E-state index in [1.165, 1.54) is 36.4 Å². The molecule has 0 aliphatic heterocycles. The molecular formula is C20H10F6N2. The first-order chi connectivity index (χ1) is 13.1. The number of nitrogens with zero attached hydrogens (tertiary/aromatic N) is 2. The Morgan fingerprint density at radius 1 is 0.679 bits per heavy atom. The Hall–Kier alpha value is -3.34. The summed E-state index contributed by atoms with van der Waals surface area (Å²) in [7, 11) is 0. The second kappa shape index (κ2) is 7.00. The van der Waals surface area contributed by atoms with E-state index in [-0.39, 0.29) is 28.1 Å². The minimum atomic E-state index is -4.72. The van der Waals surface area contributed by atoms with E-state index in [0.717, 1.165) is 24.3 Å². The van der Waals surface area contributed by atoms with Gasteiger partial charge in [0.15, 0.2) is 0 Å². The molecule has 0 radical (unpaired) electrons. The zero-order chi connectivity index (χ0) is 20.5. The van der Waals surface area contributed by atoms with Gasteiger partial charge in [-0.2, -0.15) is 31.6 Å². The quantitative estimate of drug-likeness (QED) is 0.478. The Balaban J connectivity index is 2.28. The van der Waals surface area contributed by atoms with Crippen molar-refractivity contribution in [1.29, 1.82) is 5.26 Å². The second-order valence-electron chi connectivity index (χ2n) is 5.79. The van der Waals surface area contributed by atoms with Crippen LogP contribution in [0.2, 0.25) is 0 Å². The van der Waals surface area contributed by atoms with Crippen LogP contribution < -0.4 is 0 Å². The Morgan fingerprint density at radius 2 is 1.18 bits per heavy atom. The molecule has 0 saturated heterocycles. The van der Waals surface area contributed by atoms with Gasteiger partial charge in [0, 0.05) is 11.1 Å². The van der Waals surface area contributed by atoms with Crippen LogP contribution in [0.3, 0.4) is 0 Å². The predicted octanol–water partition coefficient (Wildman–Crippen LogP) is 6.32. The molecular weight excluding hydrogens is 382 g/mol. The third-order valence-corrected chi connectivity index (χ3v) is 4.01. The molecule has 0 bridgehead atoms. The average Bonchev–Trinajstić information content (AvgIpc) is 2.66. The minimum Gasteiger partial charge on any atom is -0.246 e. The number of hydrogen-bond acceptors (Lipinski definition) is 2. The number of benzene rings is 2. The summed E-state index contributed by atoms with van der Waals surface area (Å²) in [5, 5.41) is 9.27. The summed E-state index contributed by atoms with van der Waals surface area (Å²) in [5.74, 6) is 0. The van der Waals surface area contributed by atoms with E-state index in [2.05, 4.69) is 4.98 Å². The molecule has 0 saturated carbocycles. The maximum absolute atomic E-state index is 13.4. The number of alkyl halides is 6. The maximum atomic E-state index is 13.4. The molecule has 1 heterocycles. The van der Waals surface area contributed by atoms with Crippen LogP contribution >= 0.6 is 0 Å². The Bertz CT molecular complexity index is 1060. The van der Waals surface area contributed by atoms with Gasteiger partial charge in [0.2, 0.25) is 0 Å². The molecule has 3 rings (SSSR count). The first-order valence-electron chi connectivity index (χ1n) is 7.87. The first kappa shape index (κ1) is 19.4. The summed E-state index contributed by atoms with van der Waals surface area (Å²) < 4.78 is 79.9. The molecule has 0 N–H and O–H groups in total. The number of nitriles is 1. The van der Waals surface area contributed by atoms with Crippen molar-refractivity contribution < 1.29 is 26.3 Å². The molecule has 0 amide bonds. The summed E-state index contributed by atoms with van der Waals surface area (Å²) in [5.41, 5.74) is -3.35. The lowest BCUT2D eigenvalue weighted by Gasteiger charge is -2.16. The highest BCUT2D eigenvalue weighted by atomic mass is 19.4. The van der Waals surface area contributed by atoms with Crippen LogP contribution in [0, 0.1) is 11.3 Å². The van der Waals surface area contributed by atoms with Crippen molar-refractivity contribution in [3.63, 3.8) is 0 Å². The number of hydrogen-bond donors (Lipinski definition) is 0. The zero-order valence-corrected chi connectivity index (χ0v) is 13.9. The van der Waals surface area contributed by atoms with Crippen molar-refractivity contribution in [2.45, 2.75) is 12.4 Å². The van der Waals surface area contributed by atoms with Crippen molar-refractivity contribution in [2.24, 2.45) is 0 Å². The third-order valence-electron chi connectivity index (χ3n) is 4.01. The van der Waals surface area contributed by atoms with Gasteiger partial charge in [-0.05, 0) is 24.3 Å². The molecule has 2 aromatic carbocycles. The number of halogens is 6. The SMILES string of the molecule is N#Cc1ccc(-c2ccccc2C(F)(F)F)nc1-c1ccccc1C(F)(F)F. The molecule has 0 aliphatic carbocycles. The van der Waals surface area contributed by atoms with Gasteiger partial charge < -0.3 is 0 Å². The second-order valence-corrected chi connectivity index (χ2v) is 5.79. The third kappa shape index (κ3) is 3.69. The molecule has 0 spiro atoms. The van der Waals surface area contributed by atoms with Crippen LogP contribution in [0.4, 0.5) is 26.3 Å². The lowest BCUT2D eigenvalue weighted by molar-refractivity contribution is -0.137. The normalized spacial score (nSPS) is 11.9. The molecule has 2 nitrogen and oxygen atoms in total. The molecule has 1 aromatic heterocycles. The monoisotopic (exact) mass is 392 g/mol. The fourth-order valence-electron chi connectivity index (χ4n) is 2.80. The summed E-state index contributed by atoms with van der Waals surface area (Å²) in [6.45, 7) is 0. The largest absolute Gasteiger partial charge is 0.417 e. The van der Waals surface area contributed by atoms with E-state index in [4.69, 9.17) is 0 Å². The number of aromatic nitrogens is 1. The fraction of sp³-hybridized carbons (Fsp3) is 0.100. The molecule has 142 valence electrons. The summed E-state index contributed by atoms with van der Waals surface area (Å²) in [6.07, 6.45) is -9.39. The van der Waals surface area contributed by atoms with E-state index >= 15 is 0 Å². The minimum absolute atomic E-state index is 0.176. The molecule has 8 heteroatoms. The molecule has 0 fully saturated rings. The first-order valence-corrected chi connectivity index (χ1v) is 7.87. The predicted molar refractivity (Wildman–Crippen MR) is 89.8 cm³/mol. The van der Waals surface area contributed by atoms with Crippen molar-refractivity contribution in [3.8, 4) is 28.6 Å². The Morgan fingerprint density at radius 3 is 1.71 bits per heavy atom. The number of pyridine rings is 1. The lowest BCUT2D eigenvalue weighted by Crippen LogP contribution is -2.09. The van der Waals surface area contributed by atoms with Crippen LogP contribution in [0.15, 0.2) is 60.7 Å². The topological polar surface area (TPSA) is 36.7 Å². The molecule has 28 heavy (non-hydrogen) atoms. The van der Waals surface area contributed by atoms with Crippen LogP contribution in [0.5, 0.6) is 0 Å². The van der Waals surface area contributed by atoms with Crippen molar-refractivity contribution in [2.75, 3.05) is 0 Å². The van der Waals surface area contributed by atoms with Gasteiger partial charge in [-0.15, -0.1) is 0 Å². The average molecular weight is 392 g/mol. The van der Waals surface area contributed by atoms with Crippen molar-refractivity contribution >= 4 is 0 Å². The number of rotatable bonds is 2. The highest BCUT2D eigenvalue weighted by molar-refractivity contribution is 5.75. The highest BCUT2D eigenvalue weighted by Gasteiger charge is 2.35. The lowest BCUT2D eigenvalue weighted by atomic mass is 9.98. The fourth-order valence-corrected chi connectivity index (χ4v) is 2.80. The van der Waals surface area contributed by atoms with E-state index in [0.29, 0.717) is 0 Å². The van der Waals surface area contributed by atoms with E-state index < -0.39 is 23.5 Å². The van der Waals surface area contributed by atoms with Gasteiger partial charge in [0.1, 0.15) is 6.07 Å². The molecule has 0 atom stereocenters. The molecule has 3 aromatic rings. The smallest absolute Gasteiger partial charge is 0.246 e. The standard InChI is InChI=1S/C20H10F6N2/c21-19(22,23)15-7-3-1-5-13(15)17-10-9-12(11-27)18(28-17)14-6-2-4-8-16(14)20(24,25)26/h1-10H. The Kier molecular flexibility index (Phi) is 4.86. The van der Waals surface area contributed by atoms with Crippen LogP contribution in [0.25, 0.3) is 22.5 Å². The summed E-state index contributed by atoms with van der Waals surface area (Å²) >= 11 is 0. The van der Waals surface area contributed by atoms with Gasteiger partial charge in [0.05, 0.1) is 28.1 Å². The van der Waals surface area contributed by atoms with Gasteiger partial charge in [0.25, 0.3) is 0 Å². The van der Waals surface area contributed by atoms with Gasteiger partial charge >= 0.3 is 12.4 Å². The van der Waals surface area contributed by atoms with E-state index in [1.54, 1.807) is 6.07 Å². The van der Waals surface area contributed by atoms with Crippen molar-refractivity contribution in [3.05, 3.63) is 77.4 Å². The summed E-state index contributed by atoms with van der Waals surface area (Å²) in [4.78, 5) is 4.01. The van der Waals surface area contributed by atoms with E-state index in [1.807, 2.05) is 0 Å². The van der Waals surface area contributed by atoms with Crippen LogP contribution in [0.1, 0.15) is 16.7 Å².